The van der Waals surface area contributed by atoms with Crippen LogP contribution in [0.3, 0.4) is 0 Å². The second-order valence-electron chi connectivity index (χ2n) is 7.72. The molecule has 3 atom stereocenters. The number of aldehydes is 1. The summed E-state index contributed by atoms with van der Waals surface area (Å²) in [4.78, 5) is 19.1. The molecule has 2 unspecified atom stereocenters. The molecule has 24 heavy (non-hydrogen) atoms. The molecule has 6 rings (SSSR count). The Bertz CT molecular complexity index is 790. The van der Waals surface area contributed by atoms with Crippen molar-refractivity contribution in [3.63, 3.8) is 0 Å². The van der Waals surface area contributed by atoms with Gasteiger partial charge in [0.25, 0.3) is 0 Å². The van der Waals surface area contributed by atoms with Crippen LogP contribution < -0.4 is 0 Å². The van der Waals surface area contributed by atoms with Crippen molar-refractivity contribution in [3.8, 4) is 0 Å². The van der Waals surface area contributed by atoms with Gasteiger partial charge in [-0.3, -0.25) is 9.67 Å². The van der Waals surface area contributed by atoms with Crippen molar-refractivity contribution in [2.24, 2.45) is 17.8 Å². The molecule has 3 fully saturated rings. The van der Waals surface area contributed by atoms with Crippen LogP contribution in [0.5, 0.6) is 0 Å². The molecule has 5 heterocycles. The number of carbonyl (C=O) groups excluding carboxylic acids is 1. The first-order chi connectivity index (χ1) is 11.8. The summed E-state index contributed by atoms with van der Waals surface area (Å²) in [6.07, 6.45) is 8.54. The van der Waals surface area contributed by atoms with E-state index in [4.69, 9.17) is 5.10 Å². The number of hydrogen-bond acceptors (Lipinski definition) is 4. The summed E-state index contributed by atoms with van der Waals surface area (Å²) in [6.45, 7) is 6.60. The molecular weight excluding hydrogens is 300 g/mol. The van der Waals surface area contributed by atoms with Crippen LogP contribution in [0.15, 0.2) is 12.4 Å². The molecule has 3 saturated heterocycles. The maximum Gasteiger partial charge on any atom is 0.127 e. The van der Waals surface area contributed by atoms with Crippen LogP contribution in [0.25, 0.3) is 10.9 Å². The minimum atomic E-state index is -0.0197. The third kappa shape index (κ3) is 1.94. The SMILES string of the molecule is CCn1nc2c3c(cncc31)C(C=O)[C@H](C1CN3CCC1CC3)C2. The molecule has 5 heteroatoms. The molecule has 0 N–H and O–H groups in total. The normalized spacial score (nSPS) is 34.6. The summed E-state index contributed by atoms with van der Waals surface area (Å²) < 4.78 is 2.04. The van der Waals surface area contributed by atoms with Crippen LogP contribution in [0.2, 0.25) is 0 Å². The van der Waals surface area contributed by atoms with Gasteiger partial charge in [-0.1, -0.05) is 0 Å². The minimum Gasteiger partial charge on any atom is -0.303 e. The van der Waals surface area contributed by atoms with E-state index < -0.39 is 0 Å². The molecule has 2 aromatic heterocycles. The molecule has 5 nitrogen and oxygen atoms in total. The Morgan fingerprint density at radius 3 is 2.75 bits per heavy atom. The van der Waals surface area contributed by atoms with Gasteiger partial charge in [-0.05, 0) is 62.6 Å². The van der Waals surface area contributed by atoms with Crippen LogP contribution in [0, 0.1) is 17.8 Å². The topological polar surface area (TPSA) is 51.0 Å². The minimum absolute atomic E-state index is 0.0197. The lowest BCUT2D eigenvalue weighted by Crippen LogP contribution is -2.51. The van der Waals surface area contributed by atoms with E-state index in [1.165, 1.54) is 43.3 Å². The highest BCUT2D eigenvalue weighted by Crippen LogP contribution is 2.47. The van der Waals surface area contributed by atoms with Gasteiger partial charge in [0.1, 0.15) is 6.29 Å². The Labute approximate surface area is 142 Å². The third-order valence-corrected chi connectivity index (χ3v) is 6.72. The summed E-state index contributed by atoms with van der Waals surface area (Å²) in [5.74, 6) is 1.77. The number of carbonyl (C=O) groups is 1. The van der Waals surface area contributed by atoms with E-state index in [0.29, 0.717) is 11.8 Å². The number of piperidine rings is 3. The number of hydrogen-bond donors (Lipinski definition) is 0. The fourth-order valence-corrected chi connectivity index (χ4v) is 5.53. The Kier molecular flexibility index (Phi) is 3.27. The number of aromatic nitrogens is 3. The lowest BCUT2D eigenvalue weighted by Gasteiger charge is -2.49. The first-order valence-electron chi connectivity index (χ1n) is 9.31. The van der Waals surface area contributed by atoms with Crippen LogP contribution in [-0.4, -0.2) is 45.6 Å². The van der Waals surface area contributed by atoms with Crippen molar-refractivity contribution in [1.82, 2.24) is 19.7 Å². The third-order valence-electron chi connectivity index (χ3n) is 6.72. The first-order valence-corrected chi connectivity index (χ1v) is 9.31. The Hall–Kier alpha value is -1.75. The monoisotopic (exact) mass is 324 g/mol. The maximum absolute atomic E-state index is 12.1. The van der Waals surface area contributed by atoms with E-state index in [1.54, 1.807) is 0 Å². The van der Waals surface area contributed by atoms with Crippen LogP contribution in [-0.2, 0) is 17.8 Å². The first kappa shape index (κ1) is 14.6. The second-order valence-corrected chi connectivity index (χ2v) is 7.72. The molecule has 2 bridgehead atoms. The summed E-state index contributed by atoms with van der Waals surface area (Å²) in [5.41, 5.74) is 3.39. The van der Waals surface area contributed by atoms with Crippen molar-refractivity contribution in [2.75, 3.05) is 19.6 Å². The van der Waals surface area contributed by atoms with Crippen LogP contribution in [0.1, 0.15) is 36.9 Å². The summed E-state index contributed by atoms with van der Waals surface area (Å²) in [6, 6.07) is 0. The quantitative estimate of drug-likeness (QED) is 0.813. The molecule has 0 amide bonds. The van der Waals surface area contributed by atoms with E-state index in [2.05, 4.69) is 16.8 Å². The van der Waals surface area contributed by atoms with Gasteiger partial charge in [0, 0.05) is 30.6 Å². The smallest absolute Gasteiger partial charge is 0.127 e. The van der Waals surface area contributed by atoms with E-state index in [-0.39, 0.29) is 5.92 Å². The number of nitrogens with zero attached hydrogens (tertiary/aromatic N) is 4. The van der Waals surface area contributed by atoms with Crippen molar-refractivity contribution in [3.05, 3.63) is 23.7 Å². The summed E-state index contributed by atoms with van der Waals surface area (Å²) in [5, 5.41) is 6.06. The lowest BCUT2D eigenvalue weighted by molar-refractivity contribution is -0.111. The van der Waals surface area contributed by atoms with E-state index >= 15 is 0 Å². The zero-order valence-corrected chi connectivity index (χ0v) is 14.2. The molecule has 126 valence electrons. The van der Waals surface area contributed by atoms with Gasteiger partial charge in [0.2, 0.25) is 0 Å². The van der Waals surface area contributed by atoms with Crippen molar-refractivity contribution >= 4 is 17.2 Å². The fraction of sp³-hybridized carbons (Fsp3) is 0.632. The highest BCUT2D eigenvalue weighted by molar-refractivity contribution is 5.89. The number of fused-ring (bicyclic) bond motifs is 3. The van der Waals surface area contributed by atoms with Gasteiger partial charge < -0.3 is 9.69 Å². The molecule has 0 saturated carbocycles. The molecule has 2 aromatic rings. The van der Waals surface area contributed by atoms with Gasteiger partial charge >= 0.3 is 0 Å². The molecule has 1 aliphatic carbocycles. The van der Waals surface area contributed by atoms with Crippen molar-refractivity contribution < 1.29 is 4.79 Å². The van der Waals surface area contributed by atoms with Gasteiger partial charge in [-0.15, -0.1) is 0 Å². The largest absolute Gasteiger partial charge is 0.303 e. The molecular formula is C19H24N4O. The Balaban J connectivity index is 1.61. The van der Waals surface area contributed by atoms with E-state index in [0.717, 1.165) is 36.5 Å². The van der Waals surface area contributed by atoms with Gasteiger partial charge in [-0.2, -0.15) is 5.10 Å². The summed E-state index contributed by atoms with van der Waals surface area (Å²) in [7, 11) is 0. The van der Waals surface area contributed by atoms with Crippen molar-refractivity contribution in [1.29, 1.82) is 0 Å². The highest BCUT2D eigenvalue weighted by Gasteiger charge is 2.44. The van der Waals surface area contributed by atoms with Gasteiger partial charge in [-0.25, -0.2) is 0 Å². The fourth-order valence-electron chi connectivity index (χ4n) is 5.53. The lowest BCUT2D eigenvalue weighted by atomic mass is 9.64. The van der Waals surface area contributed by atoms with Crippen LogP contribution in [0.4, 0.5) is 0 Å². The van der Waals surface area contributed by atoms with E-state index in [1.807, 2.05) is 17.1 Å². The Morgan fingerprint density at radius 2 is 2.08 bits per heavy atom. The average Bonchev–Trinajstić information content (AvgIpc) is 3.02. The van der Waals surface area contributed by atoms with Gasteiger partial charge in [0.05, 0.1) is 17.4 Å². The molecule has 4 aliphatic rings. The Morgan fingerprint density at radius 1 is 1.25 bits per heavy atom. The zero-order chi connectivity index (χ0) is 16.3. The van der Waals surface area contributed by atoms with Gasteiger partial charge in [0.15, 0.2) is 0 Å². The number of aryl methyl sites for hydroxylation is 1. The second kappa shape index (κ2) is 5.38. The zero-order valence-electron chi connectivity index (χ0n) is 14.2. The number of rotatable bonds is 3. The molecule has 3 aliphatic heterocycles. The standard InChI is InChI=1S/C19H24N4O/c1-2-23-18-9-20-8-14-16(11-24)13(7-17(21-23)19(14)18)15-10-22-5-3-12(15)4-6-22/h8-9,11-13,15-16H,2-7,10H2,1H3/t13-,15?,16?/m0/s1. The average molecular weight is 324 g/mol. The predicted molar refractivity (Wildman–Crippen MR) is 91.9 cm³/mol. The van der Waals surface area contributed by atoms with Crippen molar-refractivity contribution in [2.45, 2.75) is 38.6 Å². The summed E-state index contributed by atoms with van der Waals surface area (Å²) >= 11 is 0. The molecule has 0 aromatic carbocycles. The predicted octanol–water partition coefficient (Wildman–Crippen LogP) is 2.25. The number of pyridine rings is 1. The maximum atomic E-state index is 12.1. The molecule has 0 radical (unpaired) electrons. The van der Waals surface area contributed by atoms with Crippen LogP contribution >= 0.6 is 0 Å². The molecule has 0 spiro atoms. The van der Waals surface area contributed by atoms with E-state index in [9.17, 15) is 4.79 Å². The highest BCUT2D eigenvalue weighted by atomic mass is 16.1.